The Labute approximate surface area is 157 Å². The summed E-state index contributed by atoms with van der Waals surface area (Å²) in [5, 5.41) is 3.26. The van der Waals surface area contributed by atoms with Crippen LogP contribution in [0.4, 0.5) is 0 Å². The Hall–Kier alpha value is -3.65. The summed E-state index contributed by atoms with van der Waals surface area (Å²) in [5.41, 5.74) is 5.95. The molecule has 0 aliphatic rings. The van der Waals surface area contributed by atoms with Gasteiger partial charge in [-0.25, -0.2) is 0 Å². The molecule has 5 aromatic rings. The molecule has 0 atom stereocenters. The maximum Gasteiger partial charge on any atom is 0.152 e. The predicted molar refractivity (Wildman–Crippen MR) is 112 cm³/mol. The molecule has 2 heteroatoms. The highest BCUT2D eigenvalue weighted by Gasteiger charge is 2.14. The largest absolute Gasteiger partial charge is 0.353 e. The average molecular weight is 347 g/mol. The van der Waals surface area contributed by atoms with Crippen LogP contribution in [0.3, 0.4) is 0 Å². The van der Waals surface area contributed by atoms with Gasteiger partial charge >= 0.3 is 0 Å². The maximum absolute atomic E-state index is 11.9. The van der Waals surface area contributed by atoms with Gasteiger partial charge in [0.2, 0.25) is 0 Å². The maximum atomic E-state index is 11.9. The number of carbonyl (C=O) groups excluding carboxylic acids is 1. The molecule has 5 rings (SSSR count). The minimum absolute atomic E-state index is 0.711. The molecule has 0 radical (unpaired) electrons. The second-order valence-electron chi connectivity index (χ2n) is 6.68. The van der Waals surface area contributed by atoms with Crippen molar-refractivity contribution in [2.24, 2.45) is 0 Å². The van der Waals surface area contributed by atoms with E-state index in [1.165, 1.54) is 5.56 Å². The van der Waals surface area contributed by atoms with Gasteiger partial charge in [0.05, 0.1) is 11.2 Å². The Morgan fingerprint density at radius 1 is 0.593 bits per heavy atom. The third-order valence-electron chi connectivity index (χ3n) is 5.14. The van der Waals surface area contributed by atoms with Crippen LogP contribution >= 0.6 is 0 Å². The Kier molecular flexibility index (Phi) is 3.61. The van der Waals surface area contributed by atoms with Gasteiger partial charge in [0, 0.05) is 16.3 Å². The van der Waals surface area contributed by atoms with Gasteiger partial charge in [0.1, 0.15) is 0 Å². The fourth-order valence-electron chi connectivity index (χ4n) is 3.77. The second-order valence-corrected chi connectivity index (χ2v) is 6.68. The number of aromatic nitrogens is 1. The molecule has 0 aliphatic carbocycles. The molecule has 1 aromatic heterocycles. The number of aromatic amines is 1. The van der Waals surface area contributed by atoms with E-state index in [9.17, 15) is 4.79 Å². The molecule has 0 spiro atoms. The van der Waals surface area contributed by atoms with E-state index in [1.807, 2.05) is 36.4 Å². The number of fused-ring (bicyclic) bond motifs is 3. The quantitative estimate of drug-likeness (QED) is 0.373. The standard InChI is InChI=1S/C25H17NO/c27-16-23-22-15-14-19-8-4-5-9-21(19)25(22)26-24(23)20-12-10-18(11-13-20)17-6-2-1-3-7-17/h1-16,26H. The molecule has 2 nitrogen and oxygen atoms in total. The van der Waals surface area contributed by atoms with Gasteiger partial charge in [-0.1, -0.05) is 91.0 Å². The van der Waals surface area contributed by atoms with Crippen LogP contribution in [0.5, 0.6) is 0 Å². The van der Waals surface area contributed by atoms with E-state index >= 15 is 0 Å². The molecular weight excluding hydrogens is 330 g/mol. The van der Waals surface area contributed by atoms with Crippen molar-refractivity contribution in [1.29, 1.82) is 0 Å². The van der Waals surface area contributed by atoms with Crippen molar-refractivity contribution in [3.05, 3.63) is 96.6 Å². The number of nitrogens with one attached hydrogen (secondary N) is 1. The molecule has 0 saturated carbocycles. The predicted octanol–water partition coefficient (Wildman–Crippen LogP) is 6.47. The van der Waals surface area contributed by atoms with Gasteiger partial charge in [-0.2, -0.15) is 0 Å². The first kappa shape index (κ1) is 15.6. The van der Waals surface area contributed by atoms with Crippen LogP contribution in [0, 0.1) is 0 Å². The Morgan fingerprint density at radius 2 is 1.26 bits per heavy atom. The lowest BCUT2D eigenvalue weighted by molar-refractivity contribution is 0.112. The van der Waals surface area contributed by atoms with Gasteiger partial charge in [-0.05, 0) is 22.1 Å². The van der Waals surface area contributed by atoms with Crippen molar-refractivity contribution in [3.63, 3.8) is 0 Å². The topological polar surface area (TPSA) is 32.9 Å². The summed E-state index contributed by atoms with van der Waals surface area (Å²) in [6.07, 6.45) is 0.952. The van der Waals surface area contributed by atoms with Gasteiger partial charge < -0.3 is 4.98 Å². The van der Waals surface area contributed by atoms with Crippen molar-refractivity contribution in [2.45, 2.75) is 0 Å². The number of rotatable bonds is 3. The third kappa shape index (κ3) is 2.54. The highest BCUT2D eigenvalue weighted by Crippen LogP contribution is 2.34. The summed E-state index contributed by atoms with van der Waals surface area (Å²) < 4.78 is 0. The Bertz CT molecular complexity index is 1260. The zero-order valence-electron chi connectivity index (χ0n) is 14.6. The van der Waals surface area contributed by atoms with Crippen molar-refractivity contribution in [2.75, 3.05) is 0 Å². The smallest absolute Gasteiger partial charge is 0.152 e. The average Bonchev–Trinajstić information content (AvgIpc) is 3.13. The molecule has 0 unspecified atom stereocenters. The third-order valence-corrected chi connectivity index (χ3v) is 5.14. The summed E-state index contributed by atoms with van der Waals surface area (Å²) in [6.45, 7) is 0. The van der Waals surface area contributed by atoms with E-state index < -0.39 is 0 Å². The van der Waals surface area contributed by atoms with Crippen LogP contribution in [0.15, 0.2) is 91.0 Å². The first-order valence-corrected chi connectivity index (χ1v) is 8.99. The SMILES string of the molecule is O=Cc1c(-c2ccc(-c3ccccc3)cc2)[nH]c2c1ccc1ccccc12. The van der Waals surface area contributed by atoms with Crippen molar-refractivity contribution in [1.82, 2.24) is 4.98 Å². The van der Waals surface area contributed by atoms with Crippen molar-refractivity contribution < 1.29 is 4.79 Å². The minimum Gasteiger partial charge on any atom is -0.353 e. The van der Waals surface area contributed by atoms with E-state index in [0.717, 1.165) is 44.8 Å². The molecule has 1 heterocycles. The van der Waals surface area contributed by atoms with Crippen LogP contribution in [-0.4, -0.2) is 11.3 Å². The second kappa shape index (κ2) is 6.26. The molecule has 0 aliphatic heterocycles. The lowest BCUT2D eigenvalue weighted by Gasteiger charge is -2.04. The number of benzene rings is 4. The molecule has 128 valence electrons. The molecule has 0 bridgehead atoms. The fraction of sp³-hybridized carbons (Fsp3) is 0. The molecule has 27 heavy (non-hydrogen) atoms. The van der Waals surface area contributed by atoms with E-state index in [2.05, 4.69) is 59.6 Å². The van der Waals surface area contributed by atoms with E-state index in [4.69, 9.17) is 0 Å². The molecule has 0 saturated heterocycles. The zero-order chi connectivity index (χ0) is 18.2. The van der Waals surface area contributed by atoms with Gasteiger partial charge in [0.15, 0.2) is 6.29 Å². The normalized spacial score (nSPS) is 11.1. The molecule has 4 aromatic carbocycles. The van der Waals surface area contributed by atoms with Crippen LogP contribution in [0.25, 0.3) is 44.1 Å². The number of carbonyl (C=O) groups is 1. The van der Waals surface area contributed by atoms with Crippen LogP contribution in [-0.2, 0) is 0 Å². The Morgan fingerprint density at radius 3 is 2.04 bits per heavy atom. The highest BCUT2D eigenvalue weighted by atomic mass is 16.1. The molecule has 0 fully saturated rings. The summed E-state index contributed by atoms with van der Waals surface area (Å²) in [4.78, 5) is 15.4. The van der Waals surface area contributed by atoms with Crippen molar-refractivity contribution in [3.8, 4) is 22.4 Å². The lowest BCUT2D eigenvalue weighted by atomic mass is 10.0. The molecular formula is C25H17NO. The number of hydrogen-bond donors (Lipinski definition) is 1. The summed E-state index contributed by atoms with van der Waals surface area (Å²) >= 11 is 0. The number of H-pyrrole nitrogens is 1. The monoisotopic (exact) mass is 347 g/mol. The van der Waals surface area contributed by atoms with Gasteiger partial charge in [-0.3, -0.25) is 4.79 Å². The summed E-state index contributed by atoms with van der Waals surface area (Å²) in [6, 6.07) is 31.0. The van der Waals surface area contributed by atoms with Gasteiger partial charge in [0.25, 0.3) is 0 Å². The first-order chi connectivity index (χ1) is 13.3. The summed E-state index contributed by atoms with van der Waals surface area (Å²) in [7, 11) is 0. The minimum atomic E-state index is 0.711. The van der Waals surface area contributed by atoms with Crippen LogP contribution in [0.1, 0.15) is 10.4 Å². The Balaban J connectivity index is 1.68. The van der Waals surface area contributed by atoms with E-state index in [1.54, 1.807) is 0 Å². The van der Waals surface area contributed by atoms with E-state index in [-0.39, 0.29) is 0 Å². The van der Waals surface area contributed by atoms with E-state index in [0.29, 0.717) is 5.56 Å². The summed E-state index contributed by atoms with van der Waals surface area (Å²) in [5.74, 6) is 0. The lowest BCUT2D eigenvalue weighted by Crippen LogP contribution is -1.85. The number of hydrogen-bond acceptors (Lipinski definition) is 1. The van der Waals surface area contributed by atoms with Gasteiger partial charge in [-0.15, -0.1) is 0 Å². The molecule has 1 N–H and O–H groups in total. The fourth-order valence-corrected chi connectivity index (χ4v) is 3.77. The zero-order valence-corrected chi connectivity index (χ0v) is 14.6. The highest BCUT2D eigenvalue weighted by molar-refractivity contribution is 6.14. The number of aldehydes is 1. The van der Waals surface area contributed by atoms with Crippen molar-refractivity contribution >= 4 is 28.0 Å². The van der Waals surface area contributed by atoms with Crippen LogP contribution < -0.4 is 0 Å². The first-order valence-electron chi connectivity index (χ1n) is 8.99. The molecule has 0 amide bonds. The van der Waals surface area contributed by atoms with Crippen LogP contribution in [0.2, 0.25) is 0 Å².